The van der Waals surface area contributed by atoms with Gasteiger partial charge in [0.05, 0.1) is 0 Å². The van der Waals surface area contributed by atoms with Gasteiger partial charge in [0, 0.05) is 37.8 Å². The Balaban J connectivity index is 1.58. The molecular weight excluding hydrogens is 400 g/mol. The summed E-state index contributed by atoms with van der Waals surface area (Å²) >= 11 is 0. The Labute approximate surface area is 176 Å². The van der Waals surface area contributed by atoms with Gasteiger partial charge in [-0.05, 0) is 17.2 Å². The number of aryl methyl sites for hydroxylation is 1. The monoisotopic (exact) mass is 424 g/mol. The van der Waals surface area contributed by atoms with Crippen molar-refractivity contribution in [2.24, 2.45) is 7.05 Å². The standard InChI is InChI=1S/C22H24N4O3S/c1-26-16-15-23-22(26)21(19-10-6-3-7-11-19)25-20(27)12-14-24-30(28,29)17-13-18-8-4-2-5-9-18/h2-11,13,15-17,21,24H,12,14H2,1H3,(H,25,27)/b17-13+. The first-order valence-corrected chi connectivity index (χ1v) is 11.0. The van der Waals surface area contributed by atoms with E-state index in [1.165, 1.54) is 6.08 Å². The normalized spacial score (nSPS) is 12.7. The Bertz CT molecular complexity index is 1090. The first kappa shape index (κ1) is 21.5. The second-order valence-corrected chi connectivity index (χ2v) is 8.36. The predicted molar refractivity (Wildman–Crippen MR) is 117 cm³/mol. The van der Waals surface area contributed by atoms with Crippen LogP contribution >= 0.6 is 0 Å². The second-order valence-electron chi connectivity index (χ2n) is 6.71. The van der Waals surface area contributed by atoms with Crippen LogP contribution in [-0.4, -0.2) is 30.4 Å². The fraction of sp³-hybridized carbons (Fsp3) is 0.182. The molecule has 0 fully saturated rings. The Hall–Kier alpha value is -3.23. The highest BCUT2D eigenvalue weighted by Crippen LogP contribution is 2.20. The highest BCUT2D eigenvalue weighted by atomic mass is 32.2. The van der Waals surface area contributed by atoms with Crippen molar-refractivity contribution in [3.8, 4) is 0 Å². The first-order valence-electron chi connectivity index (χ1n) is 9.49. The van der Waals surface area contributed by atoms with Crippen LogP contribution in [0.2, 0.25) is 0 Å². The zero-order valence-electron chi connectivity index (χ0n) is 16.6. The Morgan fingerprint density at radius 3 is 2.40 bits per heavy atom. The average Bonchev–Trinajstić information content (AvgIpc) is 3.17. The highest BCUT2D eigenvalue weighted by molar-refractivity contribution is 7.92. The molecule has 0 radical (unpaired) electrons. The third-order valence-corrected chi connectivity index (χ3v) is 5.55. The first-order chi connectivity index (χ1) is 14.4. The summed E-state index contributed by atoms with van der Waals surface area (Å²) in [6.07, 6.45) is 5.00. The number of benzene rings is 2. The molecule has 0 spiro atoms. The van der Waals surface area contributed by atoms with Crippen molar-refractivity contribution < 1.29 is 13.2 Å². The number of hydrogen-bond acceptors (Lipinski definition) is 4. The molecular formula is C22H24N4O3S. The van der Waals surface area contributed by atoms with Gasteiger partial charge < -0.3 is 9.88 Å². The maximum absolute atomic E-state index is 12.5. The summed E-state index contributed by atoms with van der Waals surface area (Å²) in [5.41, 5.74) is 1.67. The van der Waals surface area contributed by atoms with E-state index in [0.29, 0.717) is 5.82 Å². The summed E-state index contributed by atoms with van der Waals surface area (Å²) in [5, 5.41) is 4.04. The van der Waals surface area contributed by atoms with Gasteiger partial charge in [0.25, 0.3) is 0 Å². The van der Waals surface area contributed by atoms with Gasteiger partial charge >= 0.3 is 0 Å². The van der Waals surface area contributed by atoms with Gasteiger partial charge in [-0.1, -0.05) is 60.7 Å². The van der Waals surface area contributed by atoms with E-state index in [-0.39, 0.29) is 18.9 Å². The third-order valence-electron chi connectivity index (χ3n) is 4.45. The SMILES string of the molecule is Cn1ccnc1C(NC(=O)CCNS(=O)(=O)/C=C/c1ccccc1)c1ccccc1. The maximum atomic E-state index is 12.5. The summed E-state index contributed by atoms with van der Waals surface area (Å²) in [6.45, 7) is -0.00459. The van der Waals surface area contributed by atoms with E-state index in [2.05, 4.69) is 15.0 Å². The van der Waals surface area contributed by atoms with Crippen LogP contribution in [0.4, 0.5) is 0 Å². The molecule has 1 atom stereocenters. The molecule has 1 unspecified atom stereocenters. The van der Waals surface area contributed by atoms with Crippen molar-refractivity contribution in [1.29, 1.82) is 0 Å². The van der Waals surface area contributed by atoms with E-state index >= 15 is 0 Å². The lowest BCUT2D eigenvalue weighted by molar-refractivity contribution is -0.121. The quantitative estimate of drug-likeness (QED) is 0.552. The van der Waals surface area contributed by atoms with Crippen LogP contribution in [0, 0.1) is 0 Å². The Kier molecular flexibility index (Phi) is 7.16. The van der Waals surface area contributed by atoms with E-state index in [0.717, 1.165) is 16.5 Å². The number of carbonyl (C=O) groups excluding carboxylic acids is 1. The topological polar surface area (TPSA) is 93.1 Å². The van der Waals surface area contributed by atoms with Gasteiger partial charge in [0.15, 0.2) is 0 Å². The van der Waals surface area contributed by atoms with Gasteiger partial charge in [-0.25, -0.2) is 18.1 Å². The highest BCUT2D eigenvalue weighted by Gasteiger charge is 2.20. The number of nitrogens with one attached hydrogen (secondary N) is 2. The van der Waals surface area contributed by atoms with Crippen LogP contribution in [-0.2, 0) is 21.9 Å². The summed E-state index contributed by atoms with van der Waals surface area (Å²) in [5.74, 6) is 0.419. The van der Waals surface area contributed by atoms with Gasteiger partial charge in [-0.3, -0.25) is 4.79 Å². The lowest BCUT2D eigenvalue weighted by Gasteiger charge is -2.19. The molecule has 0 aliphatic heterocycles. The molecule has 0 aliphatic carbocycles. The number of sulfonamides is 1. The second kappa shape index (κ2) is 10.00. The van der Waals surface area contributed by atoms with Gasteiger partial charge in [0.2, 0.25) is 15.9 Å². The number of carbonyl (C=O) groups is 1. The van der Waals surface area contributed by atoms with Crippen LogP contribution in [0.25, 0.3) is 6.08 Å². The molecule has 1 aromatic heterocycles. The van der Waals surface area contributed by atoms with E-state index in [4.69, 9.17) is 0 Å². The molecule has 3 aromatic rings. The Morgan fingerprint density at radius 2 is 1.77 bits per heavy atom. The van der Waals surface area contributed by atoms with Crippen LogP contribution in [0.15, 0.2) is 78.5 Å². The average molecular weight is 425 g/mol. The molecule has 0 saturated carbocycles. The van der Waals surface area contributed by atoms with Crippen molar-refractivity contribution in [3.63, 3.8) is 0 Å². The molecule has 156 valence electrons. The summed E-state index contributed by atoms with van der Waals surface area (Å²) in [7, 11) is -1.77. The van der Waals surface area contributed by atoms with Crippen molar-refractivity contribution >= 4 is 22.0 Å². The molecule has 0 bridgehead atoms. The summed E-state index contributed by atoms with van der Waals surface area (Å²) in [4.78, 5) is 16.8. The van der Waals surface area contributed by atoms with Crippen molar-refractivity contribution in [1.82, 2.24) is 19.6 Å². The van der Waals surface area contributed by atoms with Gasteiger partial charge in [-0.2, -0.15) is 0 Å². The van der Waals surface area contributed by atoms with Crippen LogP contribution in [0.5, 0.6) is 0 Å². The fourth-order valence-electron chi connectivity index (χ4n) is 2.92. The van der Waals surface area contributed by atoms with Crippen molar-refractivity contribution in [2.75, 3.05) is 6.54 Å². The van der Waals surface area contributed by atoms with E-state index in [1.807, 2.05) is 66.3 Å². The van der Waals surface area contributed by atoms with E-state index < -0.39 is 16.1 Å². The molecule has 0 saturated heterocycles. The molecule has 1 amide bonds. The van der Waals surface area contributed by atoms with Crippen LogP contribution in [0.1, 0.15) is 29.4 Å². The zero-order chi connectivity index (χ0) is 21.4. The number of rotatable bonds is 9. The Morgan fingerprint density at radius 1 is 1.10 bits per heavy atom. The number of nitrogens with zero attached hydrogens (tertiary/aromatic N) is 2. The fourth-order valence-corrected chi connectivity index (χ4v) is 3.74. The van der Waals surface area contributed by atoms with Crippen LogP contribution in [0.3, 0.4) is 0 Å². The molecule has 0 aliphatic rings. The number of imidazole rings is 1. The van der Waals surface area contributed by atoms with Crippen molar-refractivity contribution in [3.05, 3.63) is 95.4 Å². The number of amides is 1. The predicted octanol–water partition coefficient (Wildman–Crippen LogP) is 2.61. The lowest BCUT2D eigenvalue weighted by atomic mass is 10.1. The number of aromatic nitrogens is 2. The van der Waals surface area contributed by atoms with Gasteiger partial charge in [-0.15, -0.1) is 0 Å². The minimum Gasteiger partial charge on any atom is -0.342 e. The lowest BCUT2D eigenvalue weighted by Crippen LogP contribution is -2.34. The minimum atomic E-state index is -3.63. The molecule has 1 heterocycles. The zero-order valence-corrected chi connectivity index (χ0v) is 17.4. The smallest absolute Gasteiger partial charge is 0.233 e. The number of hydrogen-bond donors (Lipinski definition) is 2. The van der Waals surface area contributed by atoms with E-state index in [9.17, 15) is 13.2 Å². The van der Waals surface area contributed by atoms with Crippen molar-refractivity contribution in [2.45, 2.75) is 12.5 Å². The summed E-state index contributed by atoms with van der Waals surface area (Å²) in [6, 6.07) is 18.2. The third kappa shape index (κ3) is 6.13. The molecule has 7 nitrogen and oxygen atoms in total. The molecule has 2 aromatic carbocycles. The molecule has 8 heteroatoms. The van der Waals surface area contributed by atoms with Gasteiger partial charge in [0.1, 0.15) is 11.9 Å². The molecule has 30 heavy (non-hydrogen) atoms. The van der Waals surface area contributed by atoms with Crippen LogP contribution < -0.4 is 10.0 Å². The molecule has 3 rings (SSSR count). The molecule has 2 N–H and O–H groups in total. The summed E-state index contributed by atoms with van der Waals surface area (Å²) < 4.78 is 28.5. The maximum Gasteiger partial charge on any atom is 0.233 e. The minimum absolute atomic E-state index is 0.00459. The largest absolute Gasteiger partial charge is 0.342 e. The van der Waals surface area contributed by atoms with E-state index in [1.54, 1.807) is 18.3 Å².